The molecule has 2 nitrogen and oxygen atoms in total. The molecule has 0 saturated carbocycles. The summed E-state index contributed by atoms with van der Waals surface area (Å²) in [6, 6.07) is 3.97. The first kappa shape index (κ1) is 6.61. The van der Waals surface area contributed by atoms with E-state index in [4.69, 9.17) is 0 Å². The van der Waals surface area contributed by atoms with E-state index < -0.39 is 0 Å². The molecule has 1 aromatic heterocycles. The fourth-order valence-electron chi connectivity index (χ4n) is 0.864. The molecule has 54 valence electrons. The molecular weight excluding hydrogens is 156 g/mol. The second kappa shape index (κ2) is 2.88. The van der Waals surface area contributed by atoms with Crippen molar-refractivity contribution < 1.29 is 0 Å². The van der Waals surface area contributed by atoms with Crippen molar-refractivity contribution in [2.24, 2.45) is 4.99 Å². The second-order valence-electron chi connectivity index (χ2n) is 2.07. The summed E-state index contributed by atoms with van der Waals surface area (Å²) >= 11 is 1.59. The van der Waals surface area contributed by atoms with Crippen LogP contribution < -0.4 is 0 Å². The maximum absolute atomic E-state index is 4.19. The number of thioether (sulfide) groups is 1. The maximum atomic E-state index is 4.19. The average Bonchev–Trinajstić information content (AvgIpc) is 2.28. The molecule has 2 rings (SSSR count). The van der Waals surface area contributed by atoms with Crippen LogP contribution in [-0.2, 0) is 0 Å². The first-order valence-corrected chi connectivity index (χ1v) is 4.15. The Hall–Kier alpha value is -1.09. The van der Waals surface area contributed by atoms with Crippen molar-refractivity contribution in [3.8, 4) is 0 Å². The third-order valence-electron chi connectivity index (χ3n) is 1.36. The van der Waals surface area contributed by atoms with Gasteiger partial charge in [-0.05, 0) is 18.2 Å². The van der Waals surface area contributed by atoms with Crippen LogP contribution in [0.25, 0.3) is 6.08 Å². The quantitative estimate of drug-likeness (QED) is 0.584. The van der Waals surface area contributed by atoms with Gasteiger partial charge in [0.15, 0.2) is 0 Å². The van der Waals surface area contributed by atoms with Crippen molar-refractivity contribution in [2.45, 2.75) is 4.90 Å². The largest absolute Gasteiger partial charge is 0.257 e. The third kappa shape index (κ3) is 1.33. The standard InChI is InChI=1S/C8H6N2S/c1-2-8-7(10-4-1)3-5-9-6-11-8/h1-6H. The lowest BCUT2D eigenvalue weighted by molar-refractivity contribution is 1.21. The van der Waals surface area contributed by atoms with E-state index in [0.717, 1.165) is 10.6 Å². The Morgan fingerprint density at radius 3 is 3.36 bits per heavy atom. The van der Waals surface area contributed by atoms with E-state index in [-0.39, 0.29) is 0 Å². The fourth-order valence-corrected chi connectivity index (χ4v) is 1.51. The van der Waals surface area contributed by atoms with E-state index in [1.807, 2.05) is 23.8 Å². The summed E-state index contributed by atoms with van der Waals surface area (Å²) in [6.45, 7) is 0. The molecule has 0 amide bonds. The van der Waals surface area contributed by atoms with Crippen LogP contribution >= 0.6 is 11.8 Å². The number of hydrogen-bond acceptors (Lipinski definition) is 3. The van der Waals surface area contributed by atoms with Crippen LogP contribution in [0, 0.1) is 0 Å². The highest BCUT2D eigenvalue weighted by Gasteiger charge is 1.99. The highest BCUT2D eigenvalue weighted by Crippen LogP contribution is 2.21. The van der Waals surface area contributed by atoms with Crippen LogP contribution in [0.5, 0.6) is 0 Å². The Bertz CT molecular complexity index is 318. The molecule has 1 aromatic rings. The van der Waals surface area contributed by atoms with E-state index in [0.29, 0.717) is 0 Å². The van der Waals surface area contributed by atoms with Crippen molar-refractivity contribution in [2.75, 3.05) is 0 Å². The van der Waals surface area contributed by atoms with Gasteiger partial charge in [-0.15, -0.1) is 0 Å². The van der Waals surface area contributed by atoms with Gasteiger partial charge < -0.3 is 0 Å². The molecule has 0 unspecified atom stereocenters. The van der Waals surface area contributed by atoms with Gasteiger partial charge in [0.05, 0.1) is 11.2 Å². The van der Waals surface area contributed by atoms with E-state index in [1.165, 1.54) is 0 Å². The molecule has 2 heterocycles. The molecule has 0 N–H and O–H groups in total. The zero-order chi connectivity index (χ0) is 7.52. The highest BCUT2D eigenvalue weighted by atomic mass is 32.2. The smallest absolute Gasteiger partial charge is 0.0784 e. The number of rotatable bonds is 0. The van der Waals surface area contributed by atoms with Crippen LogP contribution in [0.4, 0.5) is 0 Å². The lowest BCUT2D eigenvalue weighted by Crippen LogP contribution is -1.81. The summed E-state index contributed by atoms with van der Waals surface area (Å²) in [5.74, 6) is 0. The molecule has 0 radical (unpaired) electrons. The number of hydrogen-bond donors (Lipinski definition) is 0. The topological polar surface area (TPSA) is 25.2 Å². The zero-order valence-corrected chi connectivity index (χ0v) is 6.58. The SMILES string of the molecule is C1=Cc2ncccc2SC=N1. The summed E-state index contributed by atoms with van der Waals surface area (Å²) in [5.41, 5.74) is 2.80. The molecule has 0 atom stereocenters. The van der Waals surface area contributed by atoms with E-state index in [1.54, 1.807) is 24.2 Å². The van der Waals surface area contributed by atoms with Crippen molar-refractivity contribution in [3.63, 3.8) is 0 Å². The number of aliphatic imine (C=N–C) groups is 1. The normalized spacial score (nSPS) is 14.2. The Kier molecular flexibility index (Phi) is 1.73. The van der Waals surface area contributed by atoms with E-state index in [9.17, 15) is 0 Å². The van der Waals surface area contributed by atoms with Crippen molar-refractivity contribution in [3.05, 3.63) is 30.2 Å². The predicted octanol–water partition coefficient (Wildman–Crippen LogP) is 2.19. The predicted molar refractivity (Wildman–Crippen MR) is 47.6 cm³/mol. The van der Waals surface area contributed by atoms with E-state index in [2.05, 4.69) is 9.98 Å². The summed E-state index contributed by atoms with van der Waals surface area (Å²) in [5, 5.41) is 0. The average molecular weight is 162 g/mol. The highest BCUT2D eigenvalue weighted by molar-refractivity contribution is 8.12. The third-order valence-corrected chi connectivity index (χ3v) is 2.19. The van der Waals surface area contributed by atoms with Gasteiger partial charge in [-0.3, -0.25) is 9.98 Å². The molecule has 0 aliphatic carbocycles. The van der Waals surface area contributed by atoms with Gasteiger partial charge >= 0.3 is 0 Å². The summed E-state index contributed by atoms with van der Waals surface area (Å²) < 4.78 is 0. The lowest BCUT2D eigenvalue weighted by atomic mass is 10.3. The number of nitrogens with zero attached hydrogens (tertiary/aromatic N) is 2. The molecule has 0 fully saturated rings. The molecular formula is C8H6N2S. The molecule has 3 heteroatoms. The van der Waals surface area contributed by atoms with Gasteiger partial charge in [0.1, 0.15) is 0 Å². The Labute approximate surface area is 69.1 Å². The fraction of sp³-hybridized carbons (Fsp3) is 0. The molecule has 1 aliphatic rings. The number of pyridine rings is 1. The second-order valence-corrected chi connectivity index (χ2v) is 2.96. The minimum Gasteiger partial charge on any atom is -0.257 e. The minimum atomic E-state index is 0.995. The minimum absolute atomic E-state index is 0.995. The van der Waals surface area contributed by atoms with Gasteiger partial charge in [-0.1, -0.05) is 11.8 Å². The van der Waals surface area contributed by atoms with Gasteiger partial charge in [0.25, 0.3) is 0 Å². The van der Waals surface area contributed by atoms with Crippen LogP contribution in [0.3, 0.4) is 0 Å². The van der Waals surface area contributed by atoms with Gasteiger partial charge in [-0.25, -0.2) is 0 Å². The molecule has 0 bridgehead atoms. The lowest BCUT2D eigenvalue weighted by Gasteiger charge is -1.96. The monoisotopic (exact) mass is 162 g/mol. The number of aromatic nitrogens is 1. The van der Waals surface area contributed by atoms with E-state index >= 15 is 0 Å². The number of fused-ring (bicyclic) bond motifs is 1. The Balaban J connectivity index is 2.52. The van der Waals surface area contributed by atoms with Crippen molar-refractivity contribution >= 4 is 23.4 Å². The van der Waals surface area contributed by atoms with Gasteiger partial charge in [0, 0.05) is 17.3 Å². The Morgan fingerprint density at radius 2 is 2.36 bits per heavy atom. The Morgan fingerprint density at radius 1 is 1.36 bits per heavy atom. The first-order chi connectivity index (χ1) is 5.47. The first-order valence-electron chi connectivity index (χ1n) is 3.27. The summed E-state index contributed by atoms with van der Waals surface area (Å²) in [4.78, 5) is 9.35. The summed E-state index contributed by atoms with van der Waals surface area (Å²) in [6.07, 6.45) is 5.45. The summed E-state index contributed by atoms with van der Waals surface area (Å²) in [7, 11) is 0. The molecule has 11 heavy (non-hydrogen) atoms. The zero-order valence-electron chi connectivity index (χ0n) is 5.77. The maximum Gasteiger partial charge on any atom is 0.0784 e. The van der Waals surface area contributed by atoms with Crippen LogP contribution in [0.2, 0.25) is 0 Å². The molecule has 0 spiro atoms. The van der Waals surface area contributed by atoms with Crippen LogP contribution in [-0.4, -0.2) is 10.5 Å². The van der Waals surface area contributed by atoms with Gasteiger partial charge in [-0.2, -0.15) is 0 Å². The van der Waals surface area contributed by atoms with Crippen molar-refractivity contribution in [1.82, 2.24) is 4.98 Å². The van der Waals surface area contributed by atoms with Gasteiger partial charge in [0.2, 0.25) is 0 Å². The van der Waals surface area contributed by atoms with Crippen LogP contribution in [0.15, 0.2) is 34.4 Å². The van der Waals surface area contributed by atoms with Crippen molar-refractivity contribution in [1.29, 1.82) is 0 Å². The van der Waals surface area contributed by atoms with Crippen LogP contribution in [0.1, 0.15) is 5.69 Å². The molecule has 0 saturated heterocycles. The molecule has 1 aliphatic heterocycles. The molecule has 0 aromatic carbocycles.